The molecule has 1 atom stereocenters. The number of H-pyrrole nitrogens is 1. The van der Waals surface area contributed by atoms with Gasteiger partial charge in [-0.15, -0.1) is 0 Å². The first-order chi connectivity index (χ1) is 15.0. The molecule has 0 radical (unpaired) electrons. The van der Waals surface area contributed by atoms with Crippen LogP contribution in [0.1, 0.15) is 43.9 Å². The standard InChI is InChI=1S/C22H18N4O5/c27-19(13-7-8-18-15(10-13)11-23-24-18)25-9-3-4-14(12-25)22(30)31-26-20(28)16-5-1-2-6-17(16)21(26)29/h1-2,5-8,10-11,14H,3-4,9,12H2,(H,23,24). The minimum Gasteiger partial charge on any atom is -0.338 e. The van der Waals surface area contributed by atoms with Crippen LogP contribution in [0.2, 0.25) is 0 Å². The summed E-state index contributed by atoms with van der Waals surface area (Å²) in [6.07, 6.45) is 2.76. The number of carbonyl (C=O) groups is 4. The Morgan fingerprint density at radius 2 is 1.81 bits per heavy atom. The fourth-order valence-electron chi connectivity index (χ4n) is 4.03. The van der Waals surface area contributed by atoms with Crippen LogP contribution in [0.3, 0.4) is 0 Å². The molecule has 2 aliphatic rings. The minimum atomic E-state index is -0.697. The van der Waals surface area contributed by atoms with Crippen LogP contribution < -0.4 is 0 Å². The van der Waals surface area contributed by atoms with Crippen LogP contribution in [-0.2, 0) is 9.63 Å². The fourth-order valence-corrected chi connectivity index (χ4v) is 4.03. The van der Waals surface area contributed by atoms with E-state index in [0.717, 1.165) is 10.9 Å². The highest BCUT2D eigenvalue weighted by Gasteiger charge is 2.40. The van der Waals surface area contributed by atoms with Gasteiger partial charge in [-0.05, 0) is 43.2 Å². The molecule has 0 saturated carbocycles. The number of hydrogen-bond acceptors (Lipinski definition) is 6. The van der Waals surface area contributed by atoms with Crippen LogP contribution in [0, 0.1) is 5.92 Å². The van der Waals surface area contributed by atoms with E-state index in [1.54, 1.807) is 41.4 Å². The number of hydrogen-bond donors (Lipinski definition) is 1. The van der Waals surface area contributed by atoms with Crippen LogP contribution in [0.5, 0.6) is 0 Å². The average Bonchev–Trinajstić information content (AvgIpc) is 3.37. The number of aromatic nitrogens is 2. The van der Waals surface area contributed by atoms with Crippen LogP contribution in [-0.4, -0.2) is 56.9 Å². The van der Waals surface area contributed by atoms with E-state index in [4.69, 9.17) is 4.84 Å². The number of aromatic amines is 1. The third-order valence-corrected chi connectivity index (χ3v) is 5.67. The van der Waals surface area contributed by atoms with Crippen molar-refractivity contribution in [3.05, 3.63) is 65.4 Å². The Bertz CT molecular complexity index is 1200. The maximum Gasteiger partial charge on any atom is 0.338 e. The highest BCUT2D eigenvalue weighted by atomic mass is 16.7. The van der Waals surface area contributed by atoms with E-state index in [1.165, 1.54) is 12.1 Å². The normalized spacial score (nSPS) is 18.4. The van der Waals surface area contributed by atoms with Gasteiger partial charge >= 0.3 is 5.97 Å². The number of hydroxylamine groups is 2. The second-order valence-corrected chi connectivity index (χ2v) is 7.62. The largest absolute Gasteiger partial charge is 0.338 e. The molecule has 9 nitrogen and oxygen atoms in total. The quantitative estimate of drug-likeness (QED) is 0.653. The lowest BCUT2D eigenvalue weighted by molar-refractivity contribution is -0.175. The zero-order valence-electron chi connectivity index (χ0n) is 16.4. The maximum absolute atomic E-state index is 13.0. The van der Waals surface area contributed by atoms with E-state index >= 15 is 0 Å². The van der Waals surface area contributed by atoms with Gasteiger partial charge in [0.1, 0.15) is 0 Å². The second-order valence-electron chi connectivity index (χ2n) is 7.62. The van der Waals surface area contributed by atoms with Gasteiger partial charge in [-0.2, -0.15) is 5.10 Å². The smallest absolute Gasteiger partial charge is 0.338 e. The Labute approximate surface area is 176 Å². The van der Waals surface area contributed by atoms with Crippen molar-refractivity contribution in [1.82, 2.24) is 20.2 Å². The van der Waals surface area contributed by atoms with Crippen molar-refractivity contribution in [3.63, 3.8) is 0 Å². The van der Waals surface area contributed by atoms with Gasteiger partial charge in [-0.1, -0.05) is 17.2 Å². The van der Waals surface area contributed by atoms with E-state index < -0.39 is 23.7 Å². The summed E-state index contributed by atoms with van der Waals surface area (Å²) in [5, 5.41) is 8.13. The first kappa shape index (κ1) is 19.0. The zero-order valence-corrected chi connectivity index (χ0v) is 16.4. The number of rotatable bonds is 3. The first-order valence-corrected chi connectivity index (χ1v) is 9.95. The zero-order chi connectivity index (χ0) is 21.5. The molecule has 3 aromatic rings. The number of carbonyl (C=O) groups excluding carboxylic acids is 4. The molecule has 1 N–H and O–H groups in total. The number of imide groups is 1. The summed E-state index contributed by atoms with van der Waals surface area (Å²) in [4.78, 5) is 57.3. The van der Waals surface area contributed by atoms with E-state index in [2.05, 4.69) is 10.2 Å². The Hall–Kier alpha value is -4.01. The van der Waals surface area contributed by atoms with Gasteiger partial charge < -0.3 is 9.74 Å². The molecule has 1 saturated heterocycles. The van der Waals surface area contributed by atoms with Crippen molar-refractivity contribution in [2.75, 3.05) is 13.1 Å². The molecule has 5 rings (SSSR count). The number of piperidine rings is 1. The van der Waals surface area contributed by atoms with Gasteiger partial charge in [0.25, 0.3) is 17.7 Å². The van der Waals surface area contributed by atoms with E-state index in [-0.39, 0.29) is 23.6 Å². The summed E-state index contributed by atoms with van der Waals surface area (Å²) < 4.78 is 0. The molecule has 31 heavy (non-hydrogen) atoms. The number of nitrogens with one attached hydrogen (secondary N) is 1. The van der Waals surface area contributed by atoms with Crippen molar-refractivity contribution in [3.8, 4) is 0 Å². The summed E-state index contributed by atoms with van der Waals surface area (Å²) in [7, 11) is 0. The second kappa shape index (κ2) is 7.35. The lowest BCUT2D eigenvalue weighted by Crippen LogP contribution is -2.44. The predicted octanol–water partition coefficient (Wildman–Crippen LogP) is 2.17. The Morgan fingerprint density at radius 1 is 1.06 bits per heavy atom. The molecule has 1 fully saturated rings. The highest BCUT2D eigenvalue weighted by molar-refractivity contribution is 6.20. The van der Waals surface area contributed by atoms with Gasteiger partial charge in [0.2, 0.25) is 0 Å². The minimum absolute atomic E-state index is 0.157. The number of nitrogens with zero attached hydrogens (tertiary/aromatic N) is 3. The first-order valence-electron chi connectivity index (χ1n) is 9.95. The molecular formula is C22H18N4O5. The molecule has 2 aliphatic heterocycles. The number of benzene rings is 2. The lowest BCUT2D eigenvalue weighted by Gasteiger charge is -2.32. The van der Waals surface area contributed by atoms with Gasteiger partial charge in [-0.3, -0.25) is 19.5 Å². The molecule has 0 bridgehead atoms. The van der Waals surface area contributed by atoms with Crippen molar-refractivity contribution >= 4 is 34.6 Å². The molecule has 1 aromatic heterocycles. The van der Waals surface area contributed by atoms with E-state index in [0.29, 0.717) is 30.0 Å². The SMILES string of the molecule is O=C(ON1C(=O)c2ccccc2C1=O)C1CCCN(C(=O)c2ccc3[nH]ncc3c2)C1. The van der Waals surface area contributed by atoms with Crippen molar-refractivity contribution < 1.29 is 24.0 Å². The van der Waals surface area contributed by atoms with Gasteiger partial charge in [0.15, 0.2) is 0 Å². The van der Waals surface area contributed by atoms with Crippen molar-refractivity contribution in [2.24, 2.45) is 5.92 Å². The molecule has 1 unspecified atom stereocenters. The average molecular weight is 418 g/mol. The Morgan fingerprint density at radius 3 is 2.55 bits per heavy atom. The lowest BCUT2D eigenvalue weighted by atomic mass is 9.97. The fraction of sp³-hybridized carbons (Fsp3) is 0.227. The molecule has 3 heterocycles. The van der Waals surface area contributed by atoms with E-state index in [9.17, 15) is 19.2 Å². The van der Waals surface area contributed by atoms with Crippen molar-refractivity contribution in [2.45, 2.75) is 12.8 Å². The third kappa shape index (κ3) is 3.24. The molecular weight excluding hydrogens is 400 g/mol. The molecule has 9 heteroatoms. The summed E-state index contributed by atoms with van der Waals surface area (Å²) in [6.45, 7) is 0.670. The summed E-state index contributed by atoms with van der Waals surface area (Å²) in [5.41, 5.74) is 1.74. The molecule has 0 aliphatic carbocycles. The molecule has 156 valence electrons. The van der Waals surface area contributed by atoms with Crippen LogP contribution in [0.15, 0.2) is 48.7 Å². The number of amides is 3. The number of likely N-dealkylation sites (tertiary alicyclic amines) is 1. The van der Waals surface area contributed by atoms with Crippen molar-refractivity contribution in [1.29, 1.82) is 0 Å². The summed E-state index contributed by atoms with van der Waals surface area (Å²) in [5.74, 6) is -2.84. The maximum atomic E-state index is 13.0. The molecule has 0 spiro atoms. The molecule has 3 amide bonds. The van der Waals surface area contributed by atoms with Gasteiger partial charge in [-0.25, -0.2) is 4.79 Å². The van der Waals surface area contributed by atoms with Crippen LogP contribution in [0.25, 0.3) is 10.9 Å². The summed E-state index contributed by atoms with van der Waals surface area (Å²) in [6, 6.07) is 11.6. The highest BCUT2D eigenvalue weighted by Crippen LogP contribution is 2.26. The summed E-state index contributed by atoms with van der Waals surface area (Å²) >= 11 is 0. The van der Waals surface area contributed by atoms with Crippen LogP contribution in [0.4, 0.5) is 0 Å². The monoisotopic (exact) mass is 418 g/mol. The number of fused-ring (bicyclic) bond motifs is 2. The Balaban J connectivity index is 1.28. The van der Waals surface area contributed by atoms with E-state index in [1.807, 2.05) is 0 Å². The van der Waals surface area contributed by atoms with Gasteiger partial charge in [0.05, 0.1) is 28.8 Å². The third-order valence-electron chi connectivity index (χ3n) is 5.67. The Kier molecular flexibility index (Phi) is 4.50. The molecule has 2 aromatic carbocycles. The van der Waals surface area contributed by atoms with Gasteiger partial charge in [0, 0.05) is 24.0 Å². The predicted molar refractivity (Wildman–Crippen MR) is 108 cm³/mol. The topological polar surface area (TPSA) is 113 Å². The van der Waals surface area contributed by atoms with Crippen LogP contribution >= 0.6 is 0 Å².